The van der Waals surface area contributed by atoms with Crippen LogP contribution in [-0.4, -0.2) is 6.04 Å². The highest BCUT2D eigenvalue weighted by atomic mass is 15.2. The second-order valence-corrected chi connectivity index (χ2v) is 3.98. The molecule has 1 fully saturated rings. The van der Waals surface area contributed by atoms with Crippen molar-refractivity contribution in [2.45, 2.75) is 38.6 Å². The first-order valence-corrected chi connectivity index (χ1v) is 4.85. The average Bonchev–Trinajstić information content (AvgIpc) is 2.47. The predicted octanol–water partition coefficient (Wildman–Crippen LogP) is 1.83. The van der Waals surface area contributed by atoms with Crippen LogP contribution in [0.25, 0.3) is 0 Å². The van der Waals surface area contributed by atoms with Crippen LogP contribution in [0.5, 0.6) is 0 Å². The van der Waals surface area contributed by atoms with E-state index in [1.165, 1.54) is 19.3 Å². The maximum Gasteiger partial charge on any atom is 0.0273 e. The van der Waals surface area contributed by atoms with Gasteiger partial charge in [-0.3, -0.25) is 11.3 Å². The summed E-state index contributed by atoms with van der Waals surface area (Å²) in [7, 11) is 0. The first kappa shape index (κ1) is 9.75. The summed E-state index contributed by atoms with van der Waals surface area (Å²) in [5, 5.41) is 0. The summed E-state index contributed by atoms with van der Waals surface area (Å²) >= 11 is 0. The summed E-state index contributed by atoms with van der Waals surface area (Å²) in [5.74, 6) is 7.14. The van der Waals surface area contributed by atoms with Crippen molar-refractivity contribution in [2.24, 2.45) is 17.7 Å². The van der Waals surface area contributed by atoms with E-state index in [4.69, 9.17) is 5.84 Å². The zero-order chi connectivity index (χ0) is 8.97. The van der Waals surface area contributed by atoms with Crippen LogP contribution in [0.2, 0.25) is 0 Å². The summed E-state index contributed by atoms with van der Waals surface area (Å²) < 4.78 is 0. The molecule has 70 valence electrons. The standard InChI is InChI=1S/C10H20N2/c1-3-4-10(12-11)9-6-5-8(2)7-9/h3,8-10,12H,1,4-7,11H2,2H3. The predicted molar refractivity (Wildman–Crippen MR) is 52.4 cm³/mol. The summed E-state index contributed by atoms with van der Waals surface area (Å²) in [6.45, 7) is 6.06. The van der Waals surface area contributed by atoms with Gasteiger partial charge in [0.1, 0.15) is 0 Å². The Labute approximate surface area is 75.2 Å². The van der Waals surface area contributed by atoms with Crippen LogP contribution < -0.4 is 11.3 Å². The maximum atomic E-state index is 5.49. The van der Waals surface area contributed by atoms with Gasteiger partial charge >= 0.3 is 0 Å². The number of nitrogens with two attached hydrogens (primary N) is 1. The zero-order valence-corrected chi connectivity index (χ0v) is 7.92. The Balaban J connectivity index is 2.38. The lowest BCUT2D eigenvalue weighted by molar-refractivity contribution is 0.357. The van der Waals surface area contributed by atoms with Crippen LogP contribution in [0, 0.1) is 11.8 Å². The molecule has 1 aliphatic rings. The molecule has 2 heteroatoms. The zero-order valence-electron chi connectivity index (χ0n) is 7.92. The summed E-state index contributed by atoms with van der Waals surface area (Å²) in [6.07, 6.45) is 6.95. The van der Waals surface area contributed by atoms with Gasteiger partial charge in [0.2, 0.25) is 0 Å². The van der Waals surface area contributed by atoms with Gasteiger partial charge in [-0.1, -0.05) is 19.4 Å². The molecule has 0 amide bonds. The number of hydrazine groups is 1. The van der Waals surface area contributed by atoms with E-state index in [-0.39, 0.29) is 0 Å². The molecule has 12 heavy (non-hydrogen) atoms. The van der Waals surface area contributed by atoms with Gasteiger partial charge in [-0.25, -0.2) is 0 Å². The third kappa shape index (κ3) is 2.32. The van der Waals surface area contributed by atoms with Gasteiger partial charge in [-0.15, -0.1) is 6.58 Å². The van der Waals surface area contributed by atoms with Crippen molar-refractivity contribution in [3.63, 3.8) is 0 Å². The molecule has 1 rings (SSSR count). The monoisotopic (exact) mass is 168 g/mol. The lowest BCUT2D eigenvalue weighted by Gasteiger charge is -2.21. The minimum Gasteiger partial charge on any atom is -0.271 e. The van der Waals surface area contributed by atoms with Crippen LogP contribution in [-0.2, 0) is 0 Å². The van der Waals surface area contributed by atoms with E-state index < -0.39 is 0 Å². The van der Waals surface area contributed by atoms with E-state index in [1.807, 2.05) is 6.08 Å². The molecule has 0 saturated heterocycles. The quantitative estimate of drug-likeness (QED) is 0.382. The van der Waals surface area contributed by atoms with Crippen LogP contribution in [0.1, 0.15) is 32.6 Å². The third-order valence-corrected chi connectivity index (χ3v) is 2.94. The first-order valence-electron chi connectivity index (χ1n) is 4.85. The fraction of sp³-hybridized carbons (Fsp3) is 0.800. The van der Waals surface area contributed by atoms with Crippen molar-refractivity contribution in [3.05, 3.63) is 12.7 Å². The Morgan fingerprint density at radius 1 is 1.67 bits per heavy atom. The van der Waals surface area contributed by atoms with Gasteiger partial charge in [0, 0.05) is 6.04 Å². The van der Waals surface area contributed by atoms with Crippen molar-refractivity contribution >= 4 is 0 Å². The molecule has 0 heterocycles. The lowest BCUT2D eigenvalue weighted by atomic mass is 9.95. The molecule has 0 spiro atoms. The maximum absolute atomic E-state index is 5.49. The Morgan fingerprint density at radius 3 is 2.83 bits per heavy atom. The van der Waals surface area contributed by atoms with E-state index >= 15 is 0 Å². The number of hydrogen-bond donors (Lipinski definition) is 2. The molecule has 0 radical (unpaired) electrons. The minimum atomic E-state index is 0.451. The van der Waals surface area contributed by atoms with Crippen molar-refractivity contribution in [1.82, 2.24) is 5.43 Å². The Hall–Kier alpha value is -0.340. The van der Waals surface area contributed by atoms with Crippen LogP contribution in [0.15, 0.2) is 12.7 Å². The average molecular weight is 168 g/mol. The van der Waals surface area contributed by atoms with E-state index in [9.17, 15) is 0 Å². The highest BCUT2D eigenvalue weighted by Gasteiger charge is 2.27. The van der Waals surface area contributed by atoms with E-state index in [2.05, 4.69) is 18.9 Å². The Bertz CT molecular complexity index is 145. The van der Waals surface area contributed by atoms with Crippen LogP contribution >= 0.6 is 0 Å². The van der Waals surface area contributed by atoms with Gasteiger partial charge in [0.05, 0.1) is 0 Å². The minimum absolute atomic E-state index is 0.451. The van der Waals surface area contributed by atoms with Crippen molar-refractivity contribution < 1.29 is 0 Å². The molecule has 3 unspecified atom stereocenters. The summed E-state index contributed by atoms with van der Waals surface area (Å²) in [6, 6.07) is 0.451. The van der Waals surface area contributed by atoms with E-state index in [1.54, 1.807) is 0 Å². The van der Waals surface area contributed by atoms with Gasteiger partial charge in [0.15, 0.2) is 0 Å². The normalized spacial score (nSPS) is 31.8. The molecule has 0 aliphatic heterocycles. The van der Waals surface area contributed by atoms with E-state index in [0.717, 1.165) is 18.3 Å². The topological polar surface area (TPSA) is 38.0 Å². The van der Waals surface area contributed by atoms with Gasteiger partial charge in [-0.2, -0.15) is 0 Å². The molecule has 1 saturated carbocycles. The molecule has 0 bridgehead atoms. The molecule has 2 nitrogen and oxygen atoms in total. The molecule has 3 N–H and O–H groups in total. The summed E-state index contributed by atoms with van der Waals surface area (Å²) in [5.41, 5.74) is 2.89. The fourth-order valence-electron chi connectivity index (χ4n) is 2.19. The van der Waals surface area contributed by atoms with Gasteiger partial charge in [-0.05, 0) is 31.1 Å². The van der Waals surface area contributed by atoms with E-state index in [0.29, 0.717) is 6.04 Å². The van der Waals surface area contributed by atoms with Gasteiger partial charge in [0.25, 0.3) is 0 Å². The molecular formula is C10H20N2. The lowest BCUT2D eigenvalue weighted by Crippen LogP contribution is -2.39. The van der Waals surface area contributed by atoms with Crippen LogP contribution in [0.4, 0.5) is 0 Å². The highest BCUT2D eigenvalue weighted by molar-refractivity contribution is 4.86. The largest absolute Gasteiger partial charge is 0.271 e. The highest BCUT2D eigenvalue weighted by Crippen LogP contribution is 2.33. The van der Waals surface area contributed by atoms with Crippen molar-refractivity contribution in [3.8, 4) is 0 Å². The second kappa shape index (κ2) is 4.63. The fourth-order valence-corrected chi connectivity index (χ4v) is 2.19. The smallest absolute Gasteiger partial charge is 0.0273 e. The molecule has 0 aromatic carbocycles. The molecule has 0 aromatic rings. The van der Waals surface area contributed by atoms with Crippen molar-refractivity contribution in [1.29, 1.82) is 0 Å². The Kier molecular flexibility index (Phi) is 3.76. The first-order chi connectivity index (χ1) is 5.77. The van der Waals surface area contributed by atoms with Gasteiger partial charge < -0.3 is 0 Å². The molecule has 1 aliphatic carbocycles. The summed E-state index contributed by atoms with van der Waals surface area (Å²) in [4.78, 5) is 0. The second-order valence-electron chi connectivity index (χ2n) is 3.98. The molecular weight excluding hydrogens is 148 g/mol. The molecule has 0 aromatic heterocycles. The Morgan fingerprint density at radius 2 is 2.42 bits per heavy atom. The SMILES string of the molecule is C=CCC(NN)C1CCC(C)C1. The number of rotatable bonds is 4. The van der Waals surface area contributed by atoms with Crippen molar-refractivity contribution in [2.75, 3.05) is 0 Å². The third-order valence-electron chi connectivity index (χ3n) is 2.94. The molecule has 3 atom stereocenters. The number of hydrogen-bond acceptors (Lipinski definition) is 2. The number of nitrogens with one attached hydrogen (secondary N) is 1. The van der Waals surface area contributed by atoms with Crippen LogP contribution in [0.3, 0.4) is 0 Å².